The van der Waals surface area contributed by atoms with Gasteiger partial charge in [-0.3, -0.25) is 0 Å². The van der Waals surface area contributed by atoms with Crippen LogP contribution in [0.1, 0.15) is 0 Å². The zero-order valence-corrected chi connectivity index (χ0v) is 8.67. The van der Waals surface area contributed by atoms with Gasteiger partial charge in [0.05, 0.1) is 18.9 Å². The molecule has 0 saturated carbocycles. The third kappa shape index (κ3) is 2.47. The fourth-order valence-corrected chi connectivity index (χ4v) is 1.49. The van der Waals surface area contributed by atoms with Crippen LogP contribution < -0.4 is 5.73 Å². The van der Waals surface area contributed by atoms with Crippen molar-refractivity contribution in [3.8, 4) is 0 Å². The van der Waals surface area contributed by atoms with Gasteiger partial charge in [0.15, 0.2) is 0 Å². The van der Waals surface area contributed by atoms with Crippen molar-refractivity contribution in [2.45, 2.75) is 18.2 Å². The molecule has 1 aliphatic rings. The summed E-state index contributed by atoms with van der Waals surface area (Å²) in [6, 6.07) is -0.550. The van der Waals surface area contributed by atoms with Crippen molar-refractivity contribution in [3.05, 3.63) is 11.8 Å². The van der Waals surface area contributed by atoms with Crippen molar-refractivity contribution in [2.24, 2.45) is 5.73 Å². The second-order valence-corrected chi connectivity index (χ2v) is 3.24. The van der Waals surface area contributed by atoms with Gasteiger partial charge in [-0.15, -0.1) is 0 Å². The summed E-state index contributed by atoms with van der Waals surface area (Å²) in [5, 5.41) is 8.86. The summed E-state index contributed by atoms with van der Waals surface area (Å²) < 4.78 is 15.1. The zero-order valence-electron chi connectivity index (χ0n) is 8.67. The van der Waals surface area contributed by atoms with Crippen LogP contribution in [0.2, 0.25) is 0 Å². The molecule has 0 aromatic heterocycles. The Balaban J connectivity index is 2.82. The van der Waals surface area contributed by atoms with Crippen molar-refractivity contribution in [2.75, 3.05) is 20.8 Å². The van der Waals surface area contributed by atoms with Gasteiger partial charge in [0.1, 0.15) is 17.8 Å². The van der Waals surface area contributed by atoms with Crippen molar-refractivity contribution < 1.29 is 24.1 Å². The molecule has 6 nitrogen and oxygen atoms in total. The summed E-state index contributed by atoms with van der Waals surface area (Å²) >= 11 is 0. The van der Waals surface area contributed by atoms with Gasteiger partial charge in [0.2, 0.25) is 0 Å². The molecular formula is C9H15NO5. The molecule has 0 bridgehead atoms. The second kappa shape index (κ2) is 5.11. The van der Waals surface area contributed by atoms with E-state index in [0.29, 0.717) is 6.61 Å². The minimum absolute atomic E-state index is 0.0253. The molecule has 15 heavy (non-hydrogen) atoms. The molecule has 1 rings (SSSR count). The molecule has 0 saturated heterocycles. The first-order valence-corrected chi connectivity index (χ1v) is 4.48. The first-order chi connectivity index (χ1) is 7.11. The Hall–Kier alpha value is -1.11. The summed E-state index contributed by atoms with van der Waals surface area (Å²) in [7, 11) is 2.94. The van der Waals surface area contributed by atoms with E-state index in [1.807, 2.05) is 0 Å². The monoisotopic (exact) mass is 217 g/mol. The van der Waals surface area contributed by atoms with Crippen LogP contribution in [0.4, 0.5) is 0 Å². The molecule has 3 N–H and O–H groups in total. The maximum absolute atomic E-state index is 10.8. The summed E-state index contributed by atoms with van der Waals surface area (Å²) in [6.07, 6.45) is 0.114. The predicted molar refractivity (Wildman–Crippen MR) is 51.2 cm³/mol. The van der Waals surface area contributed by atoms with Crippen molar-refractivity contribution in [3.63, 3.8) is 0 Å². The van der Waals surface area contributed by atoms with Crippen molar-refractivity contribution in [1.82, 2.24) is 0 Å². The Bertz CT molecular complexity index is 265. The van der Waals surface area contributed by atoms with Crippen LogP contribution in [-0.4, -0.2) is 50.2 Å². The van der Waals surface area contributed by atoms with Crippen LogP contribution in [0, 0.1) is 0 Å². The number of hydrogen-bond donors (Lipinski definition) is 2. The van der Waals surface area contributed by atoms with E-state index in [9.17, 15) is 4.79 Å². The summed E-state index contributed by atoms with van der Waals surface area (Å²) in [5.41, 5.74) is 5.84. The fourth-order valence-electron chi connectivity index (χ4n) is 1.49. The maximum atomic E-state index is 10.8. The van der Waals surface area contributed by atoms with Crippen molar-refractivity contribution in [1.29, 1.82) is 0 Å². The quantitative estimate of drug-likeness (QED) is 0.649. The molecule has 86 valence electrons. The molecule has 0 aliphatic carbocycles. The highest BCUT2D eigenvalue weighted by molar-refractivity contribution is 5.87. The topological polar surface area (TPSA) is 91.0 Å². The molecule has 0 radical (unpaired) electrons. The number of methoxy groups -OCH3 is 2. The van der Waals surface area contributed by atoms with E-state index < -0.39 is 18.1 Å². The van der Waals surface area contributed by atoms with Gasteiger partial charge in [-0.05, 0) is 0 Å². The third-order valence-corrected chi connectivity index (χ3v) is 2.29. The predicted octanol–water partition coefficient (Wildman–Crippen LogP) is -0.658. The molecule has 1 heterocycles. The Morgan fingerprint density at radius 2 is 2.33 bits per heavy atom. The van der Waals surface area contributed by atoms with Crippen LogP contribution in [0.5, 0.6) is 0 Å². The average Bonchev–Trinajstić information content (AvgIpc) is 2.20. The normalized spacial score (nSPS) is 30.6. The zero-order chi connectivity index (χ0) is 11.4. The number of aliphatic carboxylic acids is 1. The summed E-state index contributed by atoms with van der Waals surface area (Å²) in [5.74, 6) is -1.09. The molecule has 3 atom stereocenters. The van der Waals surface area contributed by atoms with Gasteiger partial charge in [-0.25, -0.2) is 4.79 Å². The first-order valence-electron chi connectivity index (χ1n) is 4.48. The van der Waals surface area contributed by atoms with Gasteiger partial charge in [0.25, 0.3) is 0 Å². The Morgan fingerprint density at radius 1 is 1.67 bits per heavy atom. The SMILES string of the molecule is COC[C@H]1OC=C(C(=O)O)[C@@H](OC)[C@H]1N. The highest BCUT2D eigenvalue weighted by atomic mass is 16.5. The van der Waals surface area contributed by atoms with Crippen LogP contribution in [0.25, 0.3) is 0 Å². The number of hydrogen-bond acceptors (Lipinski definition) is 5. The number of carbonyl (C=O) groups is 1. The molecule has 0 amide bonds. The average molecular weight is 217 g/mol. The van der Waals surface area contributed by atoms with E-state index in [4.69, 9.17) is 25.1 Å². The van der Waals surface area contributed by atoms with E-state index in [1.54, 1.807) is 0 Å². The lowest BCUT2D eigenvalue weighted by Gasteiger charge is -2.33. The smallest absolute Gasteiger partial charge is 0.337 e. The lowest BCUT2D eigenvalue weighted by atomic mass is 9.97. The van der Waals surface area contributed by atoms with Crippen molar-refractivity contribution >= 4 is 5.97 Å². The number of nitrogens with two attached hydrogens (primary N) is 1. The molecule has 0 spiro atoms. The Kier molecular flexibility index (Phi) is 4.07. The largest absolute Gasteiger partial charge is 0.493 e. The molecule has 1 aliphatic heterocycles. The van der Waals surface area contributed by atoms with Gasteiger partial charge in [0, 0.05) is 14.2 Å². The lowest BCUT2D eigenvalue weighted by Crippen LogP contribution is -2.52. The van der Waals surface area contributed by atoms with E-state index in [2.05, 4.69) is 0 Å². The highest BCUT2D eigenvalue weighted by Gasteiger charge is 2.37. The minimum atomic E-state index is -1.09. The number of ether oxygens (including phenoxy) is 3. The number of carboxylic acids is 1. The van der Waals surface area contributed by atoms with E-state index in [0.717, 1.165) is 0 Å². The van der Waals surface area contributed by atoms with Gasteiger partial charge in [-0.1, -0.05) is 0 Å². The van der Waals surface area contributed by atoms with Crippen LogP contribution >= 0.6 is 0 Å². The van der Waals surface area contributed by atoms with Crippen LogP contribution in [-0.2, 0) is 19.0 Å². The second-order valence-electron chi connectivity index (χ2n) is 3.24. The Morgan fingerprint density at radius 3 is 2.80 bits per heavy atom. The van der Waals surface area contributed by atoms with E-state index in [-0.39, 0.29) is 11.7 Å². The maximum Gasteiger partial charge on any atom is 0.337 e. The molecule has 6 heteroatoms. The number of carboxylic acid groups (broad SMARTS) is 1. The lowest BCUT2D eigenvalue weighted by molar-refractivity contribution is -0.136. The van der Waals surface area contributed by atoms with Gasteiger partial charge < -0.3 is 25.1 Å². The third-order valence-electron chi connectivity index (χ3n) is 2.29. The Labute approximate surface area is 87.6 Å². The molecule has 0 unspecified atom stereocenters. The van der Waals surface area contributed by atoms with E-state index >= 15 is 0 Å². The molecule has 0 aromatic carbocycles. The molecule has 0 fully saturated rings. The van der Waals surface area contributed by atoms with Gasteiger partial charge >= 0.3 is 5.97 Å². The standard InChI is InChI=1S/C9H15NO5/c1-13-4-6-7(10)8(14-2)5(3-15-6)9(11)12/h3,6-8H,4,10H2,1-2H3,(H,11,12)/t6-,7+,8-/m1/s1. The molecular weight excluding hydrogens is 202 g/mol. The van der Waals surface area contributed by atoms with Crippen LogP contribution in [0.3, 0.4) is 0 Å². The molecule has 0 aromatic rings. The summed E-state index contributed by atoms with van der Waals surface area (Å²) in [6.45, 7) is 0.296. The minimum Gasteiger partial charge on any atom is -0.493 e. The van der Waals surface area contributed by atoms with Gasteiger partial charge in [-0.2, -0.15) is 0 Å². The first kappa shape index (κ1) is 12.0. The summed E-state index contributed by atoms with van der Waals surface area (Å²) in [4.78, 5) is 10.8. The van der Waals surface area contributed by atoms with E-state index in [1.165, 1.54) is 20.5 Å². The van der Waals surface area contributed by atoms with Crippen LogP contribution in [0.15, 0.2) is 11.8 Å². The fraction of sp³-hybridized carbons (Fsp3) is 0.667. The number of rotatable bonds is 4. The highest BCUT2D eigenvalue weighted by Crippen LogP contribution is 2.20.